The van der Waals surface area contributed by atoms with E-state index in [0.717, 1.165) is 6.42 Å². The van der Waals surface area contributed by atoms with Gasteiger partial charge in [0.15, 0.2) is 0 Å². The molecule has 0 spiro atoms. The van der Waals surface area contributed by atoms with Crippen LogP contribution in [0, 0.1) is 5.41 Å². The minimum absolute atomic E-state index is 0.00269. The zero-order valence-corrected chi connectivity index (χ0v) is 11.7. The molecule has 1 fully saturated rings. The average Bonchev–Trinajstić information content (AvgIpc) is 2.33. The summed E-state index contributed by atoms with van der Waals surface area (Å²) in [5.74, 6) is 0. The second-order valence-corrected chi connectivity index (χ2v) is 7.46. The van der Waals surface area contributed by atoms with Gasteiger partial charge in [-0.2, -0.15) is 4.31 Å². The highest BCUT2D eigenvalue weighted by Gasteiger charge is 2.37. The Labute approximate surface area is 109 Å². The van der Waals surface area contributed by atoms with Crippen molar-refractivity contribution in [2.75, 3.05) is 13.1 Å². The highest BCUT2D eigenvalue weighted by molar-refractivity contribution is 7.89. The van der Waals surface area contributed by atoms with E-state index in [4.69, 9.17) is 5.73 Å². The van der Waals surface area contributed by atoms with Gasteiger partial charge in [-0.1, -0.05) is 32.0 Å². The molecule has 5 heteroatoms. The zero-order valence-electron chi connectivity index (χ0n) is 10.8. The van der Waals surface area contributed by atoms with Gasteiger partial charge >= 0.3 is 0 Å². The van der Waals surface area contributed by atoms with Crippen molar-refractivity contribution in [2.45, 2.75) is 31.2 Å². The molecular weight excluding hydrogens is 248 g/mol. The molecule has 100 valence electrons. The number of piperidine rings is 1. The van der Waals surface area contributed by atoms with Gasteiger partial charge in [-0.25, -0.2) is 8.42 Å². The summed E-state index contributed by atoms with van der Waals surface area (Å²) in [6.45, 7) is 5.11. The molecular formula is C13H20N2O2S. The molecule has 0 amide bonds. The fourth-order valence-corrected chi connectivity index (χ4v) is 3.60. The van der Waals surface area contributed by atoms with E-state index in [0.29, 0.717) is 18.0 Å². The van der Waals surface area contributed by atoms with Crippen molar-refractivity contribution in [3.63, 3.8) is 0 Å². The van der Waals surface area contributed by atoms with Gasteiger partial charge in [-0.05, 0) is 24.0 Å². The maximum Gasteiger partial charge on any atom is 0.243 e. The lowest BCUT2D eigenvalue weighted by molar-refractivity contribution is 0.161. The third kappa shape index (κ3) is 2.43. The molecule has 1 saturated heterocycles. The number of rotatable bonds is 2. The second-order valence-electron chi connectivity index (χ2n) is 5.52. The molecule has 0 aromatic heterocycles. The molecule has 0 bridgehead atoms. The minimum Gasteiger partial charge on any atom is -0.326 e. The van der Waals surface area contributed by atoms with Crippen molar-refractivity contribution < 1.29 is 8.42 Å². The quantitative estimate of drug-likeness (QED) is 0.882. The Morgan fingerprint density at radius 3 is 2.44 bits per heavy atom. The SMILES string of the molecule is CC1(C)CCN(S(=O)(=O)c2ccccc2)CC1N. The molecule has 4 nitrogen and oxygen atoms in total. The molecule has 1 aromatic rings. The standard InChI is InChI=1S/C13H20N2O2S/c1-13(2)8-9-15(10-12(13)14)18(16,17)11-6-4-3-5-7-11/h3-7,12H,8-10,14H2,1-2H3. The highest BCUT2D eigenvalue weighted by Crippen LogP contribution is 2.31. The predicted molar refractivity (Wildman–Crippen MR) is 71.6 cm³/mol. The number of nitrogens with zero attached hydrogens (tertiary/aromatic N) is 1. The largest absolute Gasteiger partial charge is 0.326 e. The lowest BCUT2D eigenvalue weighted by Crippen LogP contribution is -2.54. The Balaban J connectivity index is 2.24. The van der Waals surface area contributed by atoms with E-state index in [9.17, 15) is 8.42 Å². The molecule has 0 aliphatic carbocycles. The summed E-state index contributed by atoms with van der Waals surface area (Å²) in [5.41, 5.74) is 6.07. The fraction of sp³-hybridized carbons (Fsp3) is 0.538. The van der Waals surface area contributed by atoms with E-state index in [-0.39, 0.29) is 11.5 Å². The van der Waals surface area contributed by atoms with Crippen LogP contribution in [0.3, 0.4) is 0 Å². The number of hydrogen-bond acceptors (Lipinski definition) is 3. The molecule has 1 aliphatic heterocycles. The number of sulfonamides is 1. The van der Waals surface area contributed by atoms with Crippen LogP contribution >= 0.6 is 0 Å². The predicted octanol–water partition coefficient (Wildman–Crippen LogP) is 1.43. The van der Waals surface area contributed by atoms with Crippen molar-refractivity contribution >= 4 is 10.0 Å². The van der Waals surface area contributed by atoms with Crippen molar-refractivity contribution in [2.24, 2.45) is 11.1 Å². The van der Waals surface area contributed by atoms with Gasteiger partial charge in [0.05, 0.1) is 4.90 Å². The number of nitrogens with two attached hydrogens (primary N) is 1. The Kier molecular flexibility index (Phi) is 3.49. The summed E-state index contributed by atoms with van der Waals surface area (Å²) >= 11 is 0. The topological polar surface area (TPSA) is 63.4 Å². The fourth-order valence-electron chi connectivity index (χ4n) is 2.12. The third-order valence-electron chi connectivity index (χ3n) is 3.79. The molecule has 1 heterocycles. The molecule has 1 atom stereocenters. The molecule has 18 heavy (non-hydrogen) atoms. The molecule has 0 radical (unpaired) electrons. The molecule has 1 aliphatic rings. The van der Waals surface area contributed by atoms with E-state index >= 15 is 0 Å². The Hall–Kier alpha value is -0.910. The normalized spacial score (nSPS) is 24.9. The first kappa shape index (κ1) is 13.5. The first-order valence-corrected chi connectivity index (χ1v) is 7.59. The van der Waals surface area contributed by atoms with Crippen LogP contribution < -0.4 is 5.73 Å². The van der Waals surface area contributed by atoms with Crippen LogP contribution in [0.5, 0.6) is 0 Å². The monoisotopic (exact) mass is 268 g/mol. The van der Waals surface area contributed by atoms with Crippen LogP contribution in [-0.2, 0) is 10.0 Å². The van der Waals surface area contributed by atoms with Crippen LogP contribution in [0.2, 0.25) is 0 Å². The lowest BCUT2D eigenvalue weighted by Gasteiger charge is -2.41. The summed E-state index contributed by atoms with van der Waals surface area (Å²) in [7, 11) is -3.39. The summed E-state index contributed by atoms with van der Waals surface area (Å²) < 4.78 is 26.3. The molecule has 0 saturated carbocycles. The van der Waals surface area contributed by atoms with Crippen LogP contribution in [0.15, 0.2) is 35.2 Å². The Morgan fingerprint density at radius 1 is 1.28 bits per heavy atom. The maximum atomic E-state index is 12.4. The van der Waals surface area contributed by atoms with Gasteiger partial charge < -0.3 is 5.73 Å². The van der Waals surface area contributed by atoms with E-state index in [1.54, 1.807) is 24.3 Å². The van der Waals surface area contributed by atoms with Gasteiger partial charge in [0.1, 0.15) is 0 Å². The van der Waals surface area contributed by atoms with Gasteiger partial charge in [-0.15, -0.1) is 0 Å². The van der Waals surface area contributed by atoms with E-state index in [2.05, 4.69) is 13.8 Å². The van der Waals surface area contributed by atoms with Crippen molar-refractivity contribution in [3.05, 3.63) is 30.3 Å². The molecule has 1 unspecified atom stereocenters. The van der Waals surface area contributed by atoms with E-state index in [1.165, 1.54) is 4.31 Å². The van der Waals surface area contributed by atoms with Gasteiger partial charge in [0, 0.05) is 19.1 Å². The minimum atomic E-state index is -3.39. The third-order valence-corrected chi connectivity index (χ3v) is 5.67. The van der Waals surface area contributed by atoms with Crippen LogP contribution in [0.4, 0.5) is 0 Å². The smallest absolute Gasteiger partial charge is 0.243 e. The molecule has 2 N–H and O–H groups in total. The van der Waals surface area contributed by atoms with Gasteiger partial charge in [0.2, 0.25) is 10.0 Å². The summed E-state index contributed by atoms with van der Waals surface area (Å²) in [4.78, 5) is 0.344. The first-order valence-electron chi connectivity index (χ1n) is 6.15. The van der Waals surface area contributed by atoms with Crippen molar-refractivity contribution in [1.82, 2.24) is 4.31 Å². The summed E-state index contributed by atoms with van der Waals surface area (Å²) in [5, 5.41) is 0. The van der Waals surface area contributed by atoms with E-state index in [1.807, 2.05) is 6.07 Å². The Morgan fingerprint density at radius 2 is 1.89 bits per heavy atom. The van der Waals surface area contributed by atoms with Crippen LogP contribution in [-0.4, -0.2) is 31.9 Å². The molecule has 2 rings (SSSR count). The van der Waals surface area contributed by atoms with Crippen LogP contribution in [0.25, 0.3) is 0 Å². The Bertz CT molecular complexity index is 511. The van der Waals surface area contributed by atoms with E-state index < -0.39 is 10.0 Å². The lowest BCUT2D eigenvalue weighted by atomic mass is 9.79. The molecule has 1 aromatic carbocycles. The van der Waals surface area contributed by atoms with Gasteiger partial charge in [-0.3, -0.25) is 0 Å². The summed E-state index contributed by atoms with van der Waals surface area (Å²) in [6, 6.07) is 8.41. The van der Waals surface area contributed by atoms with Crippen molar-refractivity contribution in [1.29, 1.82) is 0 Å². The van der Waals surface area contributed by atoms with Gasteiger partial charge in [0.25, 0.3) is 0 Å². The first-order chi connectivity index (χ1) is 8.34. The second kappa shape index (κ2) is 4.64. The van der Waals surface area contributed by atoms with Crippen LogP contribution in [0.1, 0.15) is 20.3 Å². The number of benzene rings is 1. The highest BCUT2D eigenvalue weighted by atomic mass is 32.2. The number of hydrogen-bond donors (Lipinski definition) is 1. The maximum absolute atomic E-state index is 12.4. The summed E-state index contributed by atoms with van der Waals surface area (Å²) in [6.07, 6.45) is 0.792. The van der Waals surface area contributed by atoms with Crippen molar-refractivity contribution in [3.8, 4) is 0 Å². The zero-order chi connectivity index (χ0) is 13.4. The average molecular weight is 268 g/mol.